The van der Waals surface area contributed by atoms with E-state index >= 15 is 0 Å². The molecule has 1 unspecified atom stereocenters. The molecule has 8 heteroatoms. The topological polar surface area (TPSA) is 78.7 Å². The van der Waals surface area contributed by atoms with Gasteiger partial charge in [0.05, 0.1) is 34.8 Å². The second kappa shape index (κ2) is 10.2. The van der Waals surface area contributed by atoms with Crippen molar-refractivity contribution in [2.45, 2.75) is 26.8 Å². The van der Waals surface area contributed by atoms with Gasteiger partial charge in [0.25, 0.3) is 11.7 Å². The number of aromatic nitrogens is 2. The van der Waals surface area contributed by atoms with Crippen LogP contribution in [0, 0.1) is 12.7 Å². The van der Waals surface area contributed by atoms with Gasteiger partial charge in [-0.3, -0.25) is 9.59 Å². The minimum absolute atomic E-state index is 0.129. The van der Waals surface area contributed by atoms with Crippen LogP contribution >= 0.6 is 0 Å². The number of likely N-dealkylation sites (tertiary alicyclic amines) is 1. The Morgan fingerprint density at radius 3 is 2.37 bits per heavy atom. The van der Waals surface area contributed by atoms with E-state index in [1.54, 1.807) is 29.8 Å². The van der Waals surface area contributed by atoms with Gasteiger partial charge in [0.1, 0.15) is 11.6 Å². The molecule has 0 bridgehead atoms. The van der Waals surface area contributed by atoms with Crippen molar-refractivity contribution in [1.82, 2.24) is 19.6 Å². The quantitative estimate of drug-likeness (QED) is 0.301. The van der Waals surface area contributed by atoms with E-state index in [1.807, 2.05) is 44.2 Å². The van der Waals surface area contributed by atoms with Gasteiger partial charge < -0.3 is 14.9 Å². The average molecular weight is 477 g/mol. The highest BCUT2D eigenvalue weighted by Gasteiger charge is 2.47. The summed E-state index contributed by atoms with van der Waals surface area (Å²) in [4.78, 5) is 29.8. The van der Waals surface area contributed by atoms with Crippen LogP contribution in [0.4, 0.5) is 4.39 Å². The maximum absolute atomic E-state index is 15.0. The van der Waals surface area contributed by atoms with E-state index < -0.39 is 23.5 Å². The molecule has 0 spiro atoms. The number of carbonyl (C=O) groups is 2. The fourth-order valence-electron chi connectivity index (χ4n) is 4.54. The lowest BCUT2D eigenvalue weighted by molar-refractivity contribution is -0.140. The maximum Gasteiger partial charge on any atom is 0.295 e. The van der Waals surface area contributed by atoms with Crippen LogP contribution in [-0.4, -0.2) is 62.6 Å². The molecule has 7 nitrogen and oxygen atoms in total. The van der Waals surface area contributed by atoms with Crippen molar-refractivity contribution in [1.29, 1.82) is 0 Å². The molecule has 1 aliphatic heterocycles. The Hall–Kier alpha value is -3.78. The molecule has 182 valence electrons. The Morgan fingerprint density at radius 2 is 1.71 bits per heavy atom. The summed E-state index contributed by atoms with van der Waals surface area (Å²) in [5.74, 6) is -2.49. The minimum Gasteiger partial charge on any atom is -0.507 e. The second-order valence-electron chi connectivity index (χ2n) is 8.43. The number of aliphatic hydroxyl groups is 1. The van der Waals surface area contributed by atoms with Gasteiger partial charge in [-0.2, -0.15) is 5.10 Å². The van der Waals surface area contributed by atoms with E-state index in [9.17, 15) is 19.1 Å². The first kappa shape index (κ1) is 24.3. The van der Waals surface area contributed by atoms with E-state index in [-0.39, 0.29) is 23.4 Å². The van der Waals surface area contributed by atoms with Crippen LogP contribution in [0.5, 0.6) is 0 Å². The summed E-state index contributed by atoms with van der Waals surface area (Å²) in [6.45, 7) is 8.10. The summed E-state index contributed by atoms with van der Waals surface area (Å²) in [7, 11) is 0. The number of amides is 1. The molecule has 1 amide bonds. The van der Waals surface area contributed by atoms with Gasteiger partial charge in [-0.05, 0) is 38.2 Å². The van der Waals surface area contributed by atoms with E-state index in [1.165, 1.54) is 17.2 Å². The molecular formula is C27H29FN4O3. The van der Waals surface area contributed by atoms with Crippen molar-refractivity contribution in [3.8, 4) is 5.69 Å². The number of rotatable bonds is 8. The normalized spacial score (nSPS) is 17.5. The first-order valence-electron chi connectivity index (χ1n) is 11.7. The smallest absolute Gasteiger partial charge is 0.295 e. The first-order valence-corrected chi connectivity index (χ1v) is 11.7. The number of nitrogens with zero attached hydrogens (tertiary/aromatic N) is 4. The molecule has 1 saturated heterocycles. The molecule has 0 radical (unpaired) electrons. The van der Waals surface area contributed by atoms with Gasteiger partial charge in [0.15, 0.2) is 0 Å². The molecule has 0 aliphatic carbocycles. The van der Waals surface area contributed by atoms with Crippen LogP contribution < -0.4 is 0 Å². The number of benzene rings is 2. The van der Waals surface area contributed by atoms with Crippen LogP contribution in [-0.2, 0) is 9.59 Å². The molecule has 1 N–H and O–H groups in total. The Bertz CT molecular complexity index is 1260. The lowest BCUT2D eigenvalue weighted by Gasteiger charge is -2.28. The Kier molecular flexibility index (Phi) is 7.12. The van der Waals surface area contributed by atoms with Crippen molar-refractivity contribution >= 4 is 17.4 Å². The fraction of sp³-hybridized carbons (Fsp3) is 0.296. The SMILES string of the molecule is CCN(CC)CCN1C(=O)C(=O)C(=C(O)c2cnn(-c3ccccc3)c2C)C1c1ccccc1F. The largest absolute Gasteiger partial charge is 0.507 e. The number of Topliss-reactive ketones (excluding diaryl/α,β-unsaturated/α-hetero) is 1. The predicted octanol–water partition coefficient (Wildman–Crippen LogP) is 4.08. The number of hydrogen-bond acceptors (Lipinski definition) is 5. The number of halogens is 1. The van der Waals surface area contributed by atoms with Gasteiger partial charge in [0.2, 0.25) is 0 Å². The van der Waals surface area contributed by atoms with Gasteiger partial charge in [0, 0.05) is 18.7 Å². The molecule has 1 atom stereocenters. The highest BCUT2D eigenvalue weighted by atomic mass is 19.1. The number of likely N-dealkylation sites (N-methyl/N-ethyl adjacent to an activating group) is 1. The average Bonchev–Trinajstić information content (AvgIpc) is 3.37. The molecular weight excluding hydrogens is 447 g/mol. The summed E-state index contributed by atoms with van der Waals surface area (Å²) >= 11 is 0. The molecule has 1 aromatic heterocycles. The third-order valence-corrected chi connectivity index (χ3v) is 6.56. The molecule has 4 rings (SSSR count). The summed E-state index contributed by atoms with van der Waals surface area (Å²) < 4.78 is 16.6. The van der Waals surface area contributed by atoms with Crippen molar-refractivity contribution in [2.75, 3.05) is 26.2 Å². The molecule has 1 aliphatic rings. The number of carbonyl (C=O) groups excluding carboxylic acids is 2. The number of ketones is 1. The second-order valence-corrected chi connectivity index (χ2v) is 8.43. The van der Waals surface area contributed by atoms with Crippen LogP contribution in [0.25, 0.3) is 11.4 Å². The zero-order valence-corrected chi connectivity index (χ0v) is 20.1. The number of aliphatic hydroxyl groups excluding tert-OH is 1. The van der Waals surface area contributed by atoms with Crippen molar-refractivity contribution < 1.29 is 19.1 Å². The third-order valence-electron chi connectivity index (χ3n) is 6.56. The van der Waals surface area contributed by atoms with Gasteiger partial charge in [-0.25, -0.2) is 9.07 Å². The van der Waals surface area contributed by atoms with Gasteiger partial charge >= 0.3 is 0 Å². The number of hydrogen-bond donors (Lipinski definition) is 1. The van der Waals surface area contributed by atoms with Crippen molar-refractivity contribution in [3.63, 3.8) is 0 Å². The lowest BCUT2D eigenvalue weighted by Crippen LogP contribution is -2.38. The highest BCUT2D eigenvalue weighted by Crippen LogP contribution is 2.40. The molecule has 2 heterocycles. The summed E-state index contributed by atoms with van der Waals surface area (Å²) in [5.41, 5.74) is 1.73. The number of para-hydroxylation sites is 1. The predicted molar refractivity (Wildman–Crippen MR) is 131 cm³/mol. The minimum atomic E-state index is -1.04. The van der Waals surface area contributed by atoms with Crippen LogP contribution in [0.2, 0.25) is 0 Å². The van der Waals surface area contributed by atoms with E-state index in [0.29, 0.717) is 17.8 Å². The van der Waals surface area contributed by atoms with Crippen molar-refractivity contribution in [2.24, 2.45) is 0 Å². The van der Waals surface area contributed by atoms with Crippen molar-refractivity contribution in [3.05, 3.63) is 89.0 Å². The van der Waals surface area contributed by atoms with Crippen LogP contribution in [0.3, 0.4) is 0 Å². The van der Waals surface area contributed by atoms with E-state index in [0.717, 1.165) is 18.8 Å². The first-order chi connectivity index (χ1) is 16.9. The molecule has 0 saturated carbocycles. The molecule has 3 aromatic rings. The van der Waals surface area contributed by atoms with Gasteiger partial charge in [-0.15, -0.1) is 0 Å². The Balaban J connectivity index is 1.83. The van der Waals surface area contributed by atoms with Gasteiger partial charge in [-0.1, -0.05) is 50.2 Å². The third kappa shape index (κ3) is 4.49. The van der Waals surface area contributed by atoms with E-state index in [2.05, 4.69) is 10.00 Å². The molecule has 35 heavy (non-hydrogen) atoms. The standard InChI is InChI=1S/C27H29FN4O3/c1-4-30(5-2)15-16-31-24(20-13-9-10-14-22(20)28)23(26(34)27(31)35)25(33)21-17-29-32(18(21)3)19-11-7-6-8-12-19/h6-14,17,24,33H,4-5,15-16H2,1-3H3. The van der Waals surface area contributed by atoms with Crippen LogP contribution in [0.1, 0.15) is 36.7 Å². The summed E-state index contributed by atoms with van der Waals surface area (Å²) in [6, 6.07) is 14.4. The zero-order chi connectivity index (χ0) is 25.1. The summed E-state index contributed by atoms with van der Waals surface area (Å²) in [5, 5.41) is 15.7. The Labute approximate surface area is 204 Å². The lowest BCUT2D eigenvalue weighted by atomic mass is 9.95. The monoisotopic (exact) mass is 476 g/mol. The maximum atomic E-state index is 15.0. The Morgan fingerprint density at radius 1 is 1.06 bits per heavy atom. The fourth-order valence-corrected chi connectivity index (χ4v) is 4.54. The van der Waals surface area contributed by atoms with Crippen LogP contribution in [0.15, 0.2) is 66.4 Å². The highest BCUT2D eigenvalue weighted by molar-refractivity contribution is 6.46. The molecule has 2 aromatic carbocycles. The zero-order valence-electron chi connectivity index (χ0n) is 20.1. The molecule has 1 fully saturated rings. The van der Waals surface area contributed by atoms with E-state index in [4.69, 9.17) is 0 Å². The summed E-state index contributed by atoms with van der Waals surface area (Å²) in [6.07, 6.45) is 1.46.